The van der Waals surface area contributed by atoms with Gasteiger partial charge in [0, 0.05) is 0 Å². The van der Waals surface area contributed by atoms with Crippen molar-refractivity contribution in [1.29, 1.82) is 0 Å². The van der Waals surface area contributed by atoms with Gasteiger partial charge in [0.05, 0.1) is 0 Å². The Hall–Kier alpha value is -3.04. The third kappa shape index (κ3) is 13.0. The molecule has 2 aromatic rings. The predicted molar refractivity (Wildman–Crippen MR) is 174 cm³/mol. The summed E-state index contributed by atoms with van der Waals surface area (Å²) >= 11 is -1.50. The molecule has 0 aliphatic carbocycles. The zero-order chi connectivity index (χ0) is 34.7. The van der Waals surface area contributed by atoms with E-state index in [4.69, 9.17) is 9.84 Å². The van der Waals surface area contributed by atoms with E-state index >= 15 is 0 Å². The summed E-state index contributed by atoms with van der Waals surface area (Å²) in [5, 5.41) is 17.0. The van der Waals surface area contributed by atoms with Crippen LogP contribution >= 0.6 is 0 Å². The Balaban J connectivity index is 2.23. The quantitative estimate of drug-likeness (QED) is 0.0666. The van der Waals surface area contributed by atoms with E-state index in [1.165, 1.54) is 13.8 Å². The second-order valence-electron chi connectivity index (χ2n) is 12.3. The normalized spacial score (nSPS) is 14.7. The number of alkyl halides is 2. The van der Waals surface area contributed by atoms with Crippen molar-refractivity contribution in [1.82, 2.24) is 16.0 Å². The number of benzene rings is 2. The van der Waals surface area contributed by atoms with Gasteiger partial charge in [0.15, 0.2) is 0 Å². The fourth-order valence-electron chi connectivity index (χ4n) is 4.40. The summed E-state index contributed by atoms with van der Waals surface area (Å²) in [5.41, 5.74) is 1.37. The van der Waals surface area contributed by atoms with Crippen LogP contribution in [0.2, 0.25) is 0 Å². The fraction of sp³-hybridized carbons (Fsp3) is 0.515. The number of carbonyl (C=O) groups excluding carboxylic acids is 4. The maximum atomic E-state index is 13.7. The van der Waals surface area contributed by atoms with Gasteiger partial charge in [-0.3, -0.25) is 0 Å². The molecule has 4 atom stereocenters. The summed E-state index contributed by atoms with van der Waals surface area (Å²) in [5.74, 6) is -1.44. The van der Waals surface area contributed by atoms with Crippen LogP contribution in [0.15, 0.2) is 60.7 Å². The molecule has 256 valence electrons. The molecule has 0 aliphatic rings. The number of rotatable bonds is 17. The van der Waals surface area contributed by atoms with Crippen molar-refractivity contribution in [3.8, 4) is 0 Å². The van der Waals surface area contributed by atoms with Gasteiger partial charge in [-0.05, 0) is 0 Å². The summed E-state index contributed by atoms with van der Waals surface area (Å²) in [6.07, 6.45) is -0.913. The molecule has 3 amide bonds. The van der Waals surface area contributed by atoms with Crippen LogP contribution in [0.25, 0.3) is 0 Å². The van der Waals surface area contributed by atoms with Crippen LogP contribution in [0.4, 0.5) is 4.79 Å². The summed E-state index contributed by atoms with van der Waals surface area (Å²) in [6.45, 7) is 10.0. The van der Waals surface area contributed by atoms with Crippen molar-refractivity contribution in [2.24, 2.45) is 5.92 Å². The van der Waals surface area contributed by atoms with Crippen LogP contribution in [-0.4, -0.2) is 74.6 Å². The van der Waals surface area contributed by atoms with Crippen molar-refractivity contribution in [2.75, 3.05) is 6.26 Å². The second-order valence-corrected chi connectivity index (χ2v) is 20.1. The van der Waals surface area contributed by atoms with Crippen molar-refractivity contribution in [3.05, 3.63) is 71.8 Å². The van der Waals surface area contributed by atoms with Crippen LogP contribution in [0.1, 0.15) is 70.3 Å². The molecule has 2 aromatic carbocycles. The van der Waals surface area contributed by atoms with Crippen molar-refractivity contribution >= 4 is 33.5 Å². The van der Waals surface area contributed by atoms with Crippen LogP contribution in [0.5, 0.6) is 0 Å². The first kappa shape index (κ1) is 39.1. The third-order valence-corrected chi connectivity index (χ3v) is 14.8. The summed E-state index contributed by atoms with van der Waals surface area (Å²) < 4.78 is 27.8. The average molecular weight is 774 g/mol. The van der Waals surface area contributed by atoms with Crippen molar-refractivity contribution < 1.29 is 58.6 Å². The molecule has 0 aliphatic heterocycles. The fourth-order valence-corrected chi connectivity index (χ4v) is 8.92. The molecule has 13 heteroatoms. The number of sulfone groups is 1. The van der Waals surface area contributed by atoms with E-state index in [1.54, 1.807) is 44.2 Å². The van der Waals surface area contributed by atoms with Crippen LogP contribution in [0, 0.1) is 5.92 Å². The first-order valence-corrected chi connectivity index (χ1v) is 19.4. The average Bonchev–Trinajstić information content (AvgIpc) is 2.94. The number of ether oxygens (including phenoxy) is 1. The minimum absolute atomic E-state index is 0.0873. The molecule has 0 saturated heterocycles. The maximum absolute atomic E-state index is 13.7. The van der Waals surface area contributed by atoms with Crippen LogP contribution in [-0.2, 0) is 30.6 Å². The van der Waals surface area contributed by atoms with Gasteiger partial charge in [-0.2, -0.15) is 0 Å². The van der Waals surface area contributed by atoms with Crippen LogP contribution < -0.4 is 37.2 Å². The molecule has 4 unspecified atom stereocenters. The molecular weight excluding hydrogens is 725 g/mol. The van der Waals surface area contributed by atoms with Gasteiger partial charge >= 0.3 is 254 Å². The second kappa shape index (κ2) is 17.8. The standard InChI is InChI=1S/C33H47IN3O8S/c1-21(2)28(29(40)24-16-12-9-13-17-24)36-27(39)20-26(38)19-25(18-23-14-10-8-11-15-23)35-31(41)30(37-32(42)45-22(3)4)34-33(5,6)46(7,43)44/h8-17,21-22,25-26,28,30,38H,18-20H2,1-7H3,(H,35,41)(H,36,39)(H,37,42)/q-1/p+1. The summed E-state index contributed by atoms with van der Waals surface area (Å²) in [6, 6.07) is 16.6. The van der Waals surface area contributed by atoms with Gasteiger partial charge in [-0.1, -0.05) is 30.3 Å². The summed E-state index contributed by atoms with van der Waals surface area (Å²) in [4.78, 5) is 52.3. The number of hydrogen-bond acceptors (Lipinski definition) is 7. The molecule has 46 heavy (non-hydrogen) atoms. The molecule has 2 rings (SSSR count). The Morgan fingerprint density at radius 3 is 1.98 bits per heavy atom. The van der Waals surface area contributed by atoms with E-state index in [1.807, 2.05) is 44.2 Å². The van der Waals surface area contributed by atoms with Gasteiger partial charge in [0.2, 0.25) is 0 Å². The zero-order valence-electron chi connectivity index (χ0n) is 27.5. The van der Waals surface area contributed by atoms with Gasteiger partial charge in [-0.25, -0.2) is 0 Å². The Morgan fingerprint density at radius 2 is 1.46 bits per heavy atom. The van der Waals surface area contributed by atoms with Crippen molar-refractivity contribution in [2.45, 2.75) is 91.9 Å². The molecular formula is C33H48IN3O8S. The number of halogens is 1. The topological polar surface area (TPSA) is 171 Å². The molecule has 0 bridgehead atoms. The van der Waals surface area contributed by atoms with E-state index in [0.29, 0.717) is 12.0 Å². The number of ketones is 1. The zero-order valence-corrected chi connectivity index (χ0v) is 30.5. The summed E-state index contributed by atoms with van der Waals surface area (Å²) in [7, 11) is -3.56. The minimum atomic E-state index is -3.56. The monoisotopic (exact) mass is 773 g/mol. The van der Waals surface area contributed by atoms with Gasteiger partial charge in [-0.15, -0.1) is 0 Å². The predicted octanol–water partition coefficient (Wildman–Crippen LogP) is -0.0586. The van der Waals surface area contributed by atoms with Crippen molar-refractivity contribution in [3.63, 3.8) is 0 Å². The molecule has 0 radical (unpaired) electrons. The Bertz CT molecular complexity index is 1420. The molecule has 11 nitrogen and oxygen atoms in total. The molecule has 0 spiro atoms. The number of Topliss-reactive ketones (excluding diaryl/α,β-unsaturated/α-hetero) is 1. The Morgan fingerprint density at radius 1 is 0.891 bits per heavy atom. The first-order chi connectivity index (χ1) is 21.4. The van der Waals surface area contributed by atoms with Gasteiger partial charge in [0.25, 0.3) is 0 Å². The number of hydrogen-bond donors (Lipinski definition) is 3. The van der Waals surface area contributed by atoms with E-state index in [0.717, 1.165) is 11.8 Å². The van der Waals surface area contributed by atoms with Gasteiger partial charge in [0.1, 0.15) is 0 Å². The van der Waals surface area contributed by atoms with E-state index in [9.17, 15) is 27.6 Å². The number of nitrogens with one attached hydrogen (secondary N) is 3. The Kier molecular flexibility index (Phi) is 15.1. The van der Waals surface area contributed by atoms with E-state index in [2.05, 4.69) is 16.0 Å². The van der Waals surface area contributed by atoms with E-state index < -0.39 is 80.0 Å². The third-order valence-electron chi connectivity index (χ3n) is 7.07. The molecule has 0 saturated carbocycles. The molecule has 0 aromatic heterocycles. The Labute approximate surface area is 282 Å². The van der Waals surface area contributed by atoms with Gasteiger partial charge < -0.3 is 0 Å². The SMILES string of the molecule is CC(C)OC(=O)NC([I-]C(C)(C)S(C)(=O)=O)C(=O)NC(Cc1ccccc1)CC([OH2+])CC(=O)NC(C(=O)c1ccccc1)C(C)C. The number of carbonyl (C=O) groups is 4. The number of amides is 3. The molecule has 0 heterocycles. The number of alkyl carbamates (subject to hydrolysis) is 1. The molecule has 0 fully saturated rings. The van der Waals surface area contributed by atoms with Crippen LogP contribution in [0.3, 0.4) is 0 Å². The van der Waals surface area contributed by atoms with E-state index in [-0.39, 0.29) is 24.5 Å². The first-order valence-electron chi connectivity index (χ1n) is 15.1. The molecule has 5 N–H and O–H groups in total.